The molecule has 3 heteroatoms. The molecule has 0 radical (unpaired) electrons. The van der Waals surface area contributed by atoms with Crippen LogP contribution in [0.25, 0.3) is 0 Å². The first-order chi connectivity index (χ1) is 9.27. The second-order valence-corrected chi connectivity index (χ2v) is 6.39. The molecule has 0 aromatic heterocycles. The average molecular weight is 280 g/mol. The highest BCUT2D eigenvalue weighted by Crippen LogP contribution is 2.36. The molecule has 1 rings (SSSR count). The molecule has 2 unspecified atom stereocenters. The van der Waals surface area contributed by atoms with Crippen molar-refractivity contribution in [2.75, 3.05) is 6.61 Å². The fraction of sp³-hybridized carbons (Fsp3) is 0.647. The van der Waals surface area contributed by atoms with Crippen molar-refractivity contribution in [2.24, 2.45) is 5.41 Å². The predicted octanol–water partition coefficient (Wildman–Crippen LogP) is 3.96. The second-order valence-electron chi connectivity index (χ2n) is 6.39. The van der Waals surface area contributed by atoms with Gasteiger partial charge in [0, 0.05) is 12.2 Å². The lowest BCUT2D eigenvalue weighted by atomic mass is 9.83. The number of hydrogen-bond acceptors (Lipinski definition) is 3. The van der Waals surface area contributed by atoms with Crippen molar-refractivity contribution in [1.29, 1.82) is 0 Å². The highest BCUT2D eigenvalue weighted by molar-refractivity contribution is 5.36. The second kappa shape index (κ2) is 7.09. The van der Waals surface area contributed by atoms with Gasteiger partial charge in [-0.25, -0.2) is 0 Å². The quantitative estimate of drug-likeness (QED) is 0.857. The Morgan fingerprint density at radius 2 is 1.75 bits per heavy atom. The van der Waals surface area contributed by atoms with E-state index in [1.165, 1.54) is 0 Å². The molecule has 0 saturated carbocycles. The summed E-state index contributed by atoms with van der Waals surface area (Å²) in [5.74, 6) is 0.726. The molecule has 0 aliphatic carbocycles. The Kier molecular flexibility index (Phi) is 6.03. The molecule has 2 atom stereocenters. The number of benzene rings is 1. The van der Waals surface area contributed by atoms with Gasteiger partial charge in [0.1, 0.15) is 11.9 Å². The first-order valence-corrected chi connectivity index (χ1v) is 7.32. The zero-order valence-electron chi connectivity index (χ0n) is 13.5. The summed E-state index contributed by atoms with van der Waals surface area (Å²) in [4.78, 5) is 0. The Morgan fingerprint density at radius 3 is 2.25 bits per heavy atom. The third-order valence-corrected chi connectivity index (χ3v) is 3.09. The summed E-state index contributed by atoms with van der Waals surface area (Å²) in [6.45, 7) is 12.7. The number of para-hydroxylation sites is 1. The fourth-order valence-electron chi connectivity index (χ4n) is 2.24. The molecule has 0 aliphatic rings. The molecule has 0 fully saturated rings. The van der Waals surface area contributed by atoms with Crippen molar-refractivity contribution in [1.82, 2.24) is 0 Å². The largest absolute Gasteiger partial charge is 0.491 e. The molecule has 0 spiro atoms. The number of aliphatic hydroxyl groups excluding tert-OH is 1. The van der Waals surface area contributed by atoms with E-state index in [9.17, 15) is 5.11 Å². The van der Waals surface area contributed by atoms with Crippen LogP contribution in [0.4, 0.5) is 0 Å². The first-order valence-electron chi connectivity index (χ1n) is 7.32. The Balaban J connectivity index is 3.08. The van der Waals surface area contributed by atoms with E-state index in [1.807, 2.05) is 45.0 Å². The smallest absolute Gasteiger partial charge is 0.125 e. The third kappa shape index (κ3) is 4.50. The van der Waals surface area contributed by atoms with E-state index in [-0.39, 0.29) is 17.6 Å². The molecule has 1 aromatic carbocycles. The fourth-order valence-corrected chi connectivity index (χ4v) is 2.24. The summed E-state index contributed by atoms with van der Waals surface area (Å²) in [6.07, 6.45) is -0.905. The Labute approximate surface area is 122 Å². The van der Waals surface area contributed by atoms with Gasteiger partial charge in [-0.2, -0.15) is 0 Å². The summed E-state index contributed by atoms with van der Waals surface area (Å²) < 4.78 is 11.6. The van der Waals surface area contributed by atoms with Crippen LogP contribution >= 0.6 is 0 Å². The van der Waals surface area contributed by atoms with Crippen molar-refractivity contribution in [2.45, 2.75) is 59.9 Å². The van der Waals surface area contributed by atoms with Gasteiger partial charge in [-0.1, -0.05) is 39.0 Å². The van der Waals surface area contributed by atoms with Crippen molar-refractivity contribution in [3.8, 4) is 5.75 Å². The minimum absolute atomic E-state index is 0.0727. The van der Waals surface area contributed by atoms with E-state index in [0.29, 0.717) is 6.61 Å². The number of rotatable bonds is 6. The number of ether oxygens (including phenoxy) is 2. The molecule has 20 heavy (non-hydrogen) atoms. The monoisotopic (exact) mass is 280 g/mol. The van der Waals surface area contributed by atoms with E-state index >= 15 is 0 Å². The van der Waals surface area contributed by atoms with Gasteiger partial charge in [0.25, 0.3) is 0 Å². The zero-order valence-corrected chi connectivity index (χ0v) is 13.5. The summed E-state index contributed by atoms with van der Waals surface area (Å²) in [5.41, 5.74) is 0.634. The Hall–Kier alpha value is -1.06. The maximum atomic E-state index is 10.7. The molecule has 114 valence electrons. The SMILES string of the molecule is CCOC(C(O)c1ccccc1OC(C)C)C(C)(C)C. The molecule has 0 bridgehead atoms. The normalized spacial score (nSPS) is 15.2. The highest BCUT2D eigenvalue weighted by atomic mass is 16.5. The topological polar surface area (TPSA) is 38.7 Å². The van der Waals surface area contributed by atoms with E-state index in [2.05, 4.69) is 20.8 Å². The van der Waals surface area contributed by atoms with Gasteiger partial charge in [-0.3, -0.25) is 0 Å². The molecule has 0 aliphatic heterocycles. The van der Waals surface area contributed by atoms with Crippen LogP contribution < -0.4 is 4.74 Å². The third-order valence-electron chi connectivity index (χ3n) is 3.09. The van der Waals surface area contributed by atoms with Crippen molar-refractivity contribution in [3.05, 3.63) is 29.8 Å². The van der Waals surface area contributed by atoms with E-state index in [4.69, 9.17) is 9.47 Å². The summed E-state index contributed by atoms with van der Waals surface area (Å²) in [6, 6.07) is 7.63. The van der Waals surface area contributed by atoms with Gasteiger partial charge in [0.05, 0.1) is 12.2 Å². The lowest BCUT2D eigenvalue weighted by molar-refractivity contribution is -0.0906. The van der Waals surface area contributed by atoms with Crippen LogP contribution in [0.5, 0.6) is 5.75 Å². The van der Waals surface area contributed by atoms with E-state index in [1.54, 1.807) is 0 Å². The number of hydrogen-bond donors (Lipinski definition) is 1. The van der Waals surface area contributed by atoms with Gasteiger partial charge in [-0.05, 0) is 32.3 Å². The maximum Gasteiger partial charge on any atom is 0.125 e. The molecule has 1 aromatic rings. The predicted molar refractivity (Wildman–Crippen MR) is 82.0 cm³/mol. The van der Waals surface area contributed by atoms with Crippen molar-refractivity contribution >= 4 is 0 Å². The molecule has 1 N–H and O–H groups in total. The number of aliphatic hydroxyl groups is 1. The molecule has 0 heterocycles. The van der Waals surface area contributed by atoms with Crippen LogP contribution in [0, 0.1) is 5.41 Å². The van der Waals surface area contributed by atoms with Crippen LogP contribution in [-0.2, 0) is 4.74 Å². The molecular formula is C17H28O3. The van der Waals surface area contributed by atoms with E-state index in [0.717, 1.165) is 11.3 Å². The summed E-state index contributed by atoms with van der Waals surface area (Å²) in [5, 5.41) is 10.7. The maximum absolute atomic E-state index is 10.7. The Bertz CT molecular complexity index is 407. The van der Waals surface area contributed by atoms with Crippen LogP contribution in [0.2, 0.25) is 0 Å². The zero-order chi connectivity index (χ0) is 15.3. The summed E-state index contributed by atoms with van der Waals surface area (Å²) in [7, 11) is 0. The van der Waals surface area contributed by atoms with Crippen LogP contribution in [-0.4, -0.2) is 23.9 Å². The van der Waals surface area contributed by atoms with Gasteiger partial charge >= 0.3 is 0 Å². The van der Waals surface area contributed by atoms with Crippen molar-refractivity contribution in [3.63, 3.8) is 0 Å². The minimum atomic E-state index is -0.704. The standard InChI is InChI=1S/C17H28O3/c1-7-19-16(17(4,5)6)15(18)13-10-8-9-11-14(13)20-12(2)3/h8-12,15-16,18H,7H2,1-6H3. The van der Waals surface area contributed by atoms with Crippen LogP contribution in [0.15, 0.2) is 24.3 Å². The van der Waals surface area contributed by atoms with E-state index < -0.39 is 6.10 Å². The molecule has 0 amide bonds. The lowest BCUT2D eigenvalue weighted by Gasteiger charge is -2.35. The summed E-state index contributed by atoms with van der Waals surface area (Å²) >= 11 is 0. The minimum Gasteiger partial charge on any atom is -0.491 e. The lowest BCUT2D eigenvalue weighted by Crippen LogP contribution is -2.35. The molecule has 3 nitrogen and oxygen atoms in total. The van der Waals surface area contributed by atoms with Crippen LogP contribution in [0.3, 0.4) is 0 Å². The van der Waals surface area contributed by atoms with Gasteiger partial charge in [0.2, 0.25) is 0 Å². The van der Waals surface area contributed by atoms with Gasteiger partial charge in [0.15, 0.2) is 0 Å². The molecular weight excluding hydrogens is 252 g/mol. The Morgan fingerprint density at radius 1 is 1.15 bits per heavy atom. The van der Waals surface area contributed by atoms with Gasteiger partial charge in [-0.15, -0.1) is 0 Å². The van der Waals surface area contributed by atoms with Crippen LogP contribution in [0.1, 0.15) is 53.2 Å². The molecule has 0 saturated heterocycles. The first kappa shape index (κ1) is 17.0. The average Bonchev–Trinajstić information content (AvgIpc) is 2.33. The highest BCUT2D eigenvalue weighted by Gasteiger charge is 2.34. The van der Waals surface area contributed by atoms with Crippen molar-refractivity contribution < 1.29 is 14.6 Å². The van der Waals surface area contributed by atoms with Gasteiger partial charge < -0.3 is 14.6 Å².